The smallest absolute Gasteiger partial charge is 0.128 e. The summed E-state index contributed by atoms with van der Waals surface area (Å²) < 4.78 is 2.40. The van der Waals surface area contributed by atoms with Gasteiger partial charge in [-0.05, 0) is 43.7 Å². The van der Waals surface area contributed by atoms with Gasteiger partial charge in [0.1, 0.15) is 5.82 Å². The molecule has 3 rings (SSSR count). The summed E-state index contributed by atoms with van der Waals surface area (Å²) in [5, 5.41) is 0. The first kappa shape index (κ1) is 13.4. The lowest BCUT2D eigenvalue weighted by Gasteiger charge is -2.35. The third-order valence-corrected chi connectivity index (χ3v) is 4.49. The molecule has 1 aliphatic rings. The minimum Gasteiger partial charge on any atom is -0.347 e. The zero-order chi connectivity index (χ0) is 14.5. The van der Waals surface area contributed by atoms with Gasteiger partial charge in [-0.15, -0.1) is 0 Å². The highest BCUT2D eigenvalue weighted by Crippen LogP contribution is 2.42. The summed E-state index contributed by atoms with van der Waals surface area (Å²) in [4.78, 5) is 7.64. The second-order valence-electron chi connectivity index (χ2n) is 6.86. The van der Waals surface area contributed by atoms with Gasteiger partial charge in [-0.1, -0.05) is 13.8 Å². The molecule has 4 nitrogen and oxygen atoms in total. The van der Waals surface area contributed by atoms with E-state index in [0.717, 1.165) is 18.7 Å². The molecule has 108 valence electrons. The van der Waals surface area contributed by atoms with Crippen molar-refractivity contribution in [2.45, 2.75) is 52.6 Å². The zero-order valence-electron chi connectivity index (χ0n) is 12.8. The molecule has 0 radical (unpaired) electrons. The molecule has 4 heteroatoms. The maximum absolute atomic E-state index is 6.39. The number of aryl methyl sites for hydroxylation is 1. The molecule has 0 aromatic carbocycles. The van der Waals surface area contributed by atoms with Crippen LogP contribution in [0.1, 0.15) is 62.1 Å². The van der Waals surface area contributed by atoms with Crippen molar-refractivity contribution in [2.75, 3.05) is 0 Å². The van der Waals surface area contributed by atoms with Crippen LogP contribution in [0.5, 0.6) is 0 Å². The Kier molecular flexibility index (Phi) is 3.01. The maximum atomic E-state index is 6.39. The van der Waals surface area contributed by atoms with Gasteiger partial charge in [-0.3, -0.25) is 0 Å². The number of aromatic nitrogens is 3. The van der Waals surface area contributed by atoms with E-state index in [-0.39, 0.29) is 17.5 Å². The number of rotatable bonds is 2. The number of hydrogen-bond acceptors (Lipinski definition) is 2. The summed E-state index contributed by atoms with van der Waals surface area (Å²) in [5.74, 6) is 1.00. The van der Waals surface area contributed by atoms with Gasteiger partial charge in [-0.2, -0.15) is 0 Å². The second-order valence-corrected chi connectivity index (χ2v) is 6.86. The van der Waals surface area contributed by atoms with Crippen LogP contribution in [0.2, 0.25) is 0 Å². The van der Waals surface area contributed by atoms with Crippen LogP contribution in [0.15, 0.2) is 18.5 Å². The third-order valence-electron chi connectivity index (χ3n) is 4.49. The molecule has 2 unspecified atom stereocenters. The van der Waals surface area contributed by atoms with Crippen molar-refractivity contribution in [3.05, 3.63) is 41.2 Å². The van der Waals surface area contributed by atoms with Gasteiger partial charge in [0.15, 0.2) is 0 Å². The Labute approximate surface area is 120 Å². The Morgan fingerprint density at radius 1 is 1.50 bits per heavy atom. The number of fused-ring (bicyclic) bond motifs is 1. The van der Waals surface area contributed by atoms with Gasteiger partial charge in [0.25, 0.3) is 0 Å². The number of nitrogens with one attached hydrogen (secondary N) is 1. The molecule has 0 fully saturated rings. The second kappa shape index (κ2) is 4.48. The molecule has 2 aromatic heterocycles. The monoisotopic (exact) mass is 272 g/mol. The lowest BCUT2D eigenvalue weighted by Crippen LogP contribution is -2.31. The molecule has 0 bridgehead atoms. The summed E-state index contributed by atoms with van der Waals surface area (Å²) in [5.41, 5.74) is 10.6. The molecule has 2 aromatic rings. The Hall–Kier alpha value is -1.55. The number of nitrogens with two attached hydrogens (primary N) is 1. The van der Waals surface area contributed by atoms with Gasteiger partial charge < -0.3 is 15.3 Å². The van der Waals surface area contributed by atoms with Crippen molar-refractivity contribution < 1.29 is 0 Å². The normalized spacial score (nSPS) is 22.6. The standard InChI is InChI=1S/C16H24N4/c1-10-7-12-13(17)8-16(3,4)9-14(12)20(10)11(2)15-18-5-6-19-15/h5-7,11,13H,8-9,17H2,1-4H3,(H,18,19). The van der Waals surface area contributed by atoms with Crippen molar-refractivity contribution in [1.29, 1.82) is 0 Å². The molecular weight excluding hydrogens is 248 g/mol. The van der Waals surface area contributed by atoms with E-state index in [2.05, 4.69) is 48.3 Å². The molecule has 2 heterocycles. The number of imidazole rings is 1. The largest absolute Gasteiger partial charge is 0.347 e. The molecule has 3 N–H and O–H groups in total. The number of H-pyrrole nitrogens is 1. The highest BCUT2D eigenvalue weighted by molar-refractivity contribution is 5.35. The Morgan fingerprint density at radius 2 is 2.25 bits per heavy atom. The van der Waals surface area contributed by atoms with E-state index in [4.69, 9.17) is 5.73 Å². The van der Waals surface area contributed by atoms with Crippen molar-refractivity contribution in [1.82, 2.24) is 14.5 Å². The van der Waals surface area contributed by atoms with Gasteiger partial charge in [0.05, 0.1) is 6.04 Å². The molecule has 2 atom stereocenters. The summed E-state index contributed by atoms with van der Waals surface area (Å²) >= 11 is 0. The van der Waals surface area contributed by atoms with Crippen LogP contribution in [-0.4, -0.2) is 14.5 Å². The van der Waals surface area contributed by atoms with Crippen LogP contribution < -0.4 is 5.73 Å². The van der Waals surface area contributed by atoms with E-state index in [9.17, 15) is 0 Å². The first-order chi connectivity index (χ1) is 9.39. The molecule has 0 aliphatic heterocycles. The average molecular weight is 272 g/mol. The summed E-state index contributed by atoms with van der Waals surface area (Å²) in [6, 6.07) is 2.63. The number of hydrogen-bond donors (Lipinski definition) is 2. The van der Waals surface area contributed by atoms with E-state index in [1.807, 2.05) is 12.4 Å². The van der Waals surface area contributed by atoms with Gasteiger partial charge in [0.2, 0.25) is 0 Å². The summed E-state index contributed by atoms with van der Waals surface area (Å²) in [6.07, 6.45) is 5.83. The van der Waals surface area contributed by atoms with Crippen LogP contribution in [0, 0.1) is 12.3 Å². The lowest BCUT2D eigenvalue weighted by molar-refractivity contribution is 0.273. The fourth-order valence-electron chi connectivity index (χ4n) is 3.64. The number of aromatic amines is 1. The topological polar surface area (TPSA) is 59.6 Å². The van der Waals surface area contributed by atoms with Crippen molar-refractivity contribution in [2.24, 2.45) is 11.1 Å². The molecule has 0 amide bonds. The Bertz CT molecular complexity index is 607. The predicted octanol–water partition coefficient (Wildman–Crippen LogP) is 3.10. The van der Waals surface area contributed by atoms with Crippen molar-refractivity contribution in [3.8, 4) is 0 Å². The minimum atomic E-state index is 0.150. The van der Waals surface area contributed by atoms with Gasteiger partial charge in [-0.25, -0.2) is 4.98 Å². The van der Waals surface area contributed by atoms with E-state index in [1.54, 1.807) is 0 Å². The Morgan fingerprint density at radius 3 is 2.90 bits per heavy atom. The van der Waals surface area contributed by atoms with Crippen LogP contribution in [0.25, 0.3) is 0 Å². The quantitative estimate of drug-likeness (QED) is 0.882. The fourth-order valence-corrected chi connectivity index (χ4v) is 3.64. The van der Waals surface area contributed by atoms with E-state index < -0.39 is 0 Å². The first-order valence-corrected chi connectivity index (χ1v) is 7.34. The van der Waals surface area contributed by atoms with Crippen molar-refractivity contribution in [3.63, 3.8) is 0 Å². The maximum Gasteiger partial charge on any atom is 0.128 e. The molecule has 0 saturated carbocycles. The Balaban J connectivity index is 2.09. The van der Waals surface area contributed by atoms with Gasteiger partial charge >= 0.3 is 0 Å². The third kappa shape index (κ3) is 2.08. The highest BCUT2D eigenvalue weighted by Gasteiger charge is 2.34. The van der Waals surface area contributed by atoms with Crippen LogP contribution in [0.3, 0.4) is 0 Å². The van der Waals surface area contributed by atoms with E-state index in [0.29, 0.717) is 0 Å². The molecule has 0 spiro atoms. The SMILES string of the molecule is Cc1cc2c(n1C(C)c1ncc[nH]1)CC(C)(C)CC2N. The van der Waals surface area contributed by atoms with Crippen LogP contribution in [-0.2, 0) is 6.42 Å². The van der Waals surface area contributed by atoms with Crippen LogP contribution >= 0.6 is 0 Å². The molecule has 20 heavy (non-hydrogen) atoms. The van der Waals surface area contributed by atoms with E-state index >= 15 is 0 Å². The molecular formula is C16H24N4. The minimum absolute atomic E-state index is 0.150. The lowest BCUT2D eigenvalue weighted by atomic mass is 9.74. The summed E-state index contributed by atoms with van der Waals surface area (Å²) in [6.45, 7) is 8.97. The van der Waals surface area contributed by atoms with Crippen molar-refractivity contribution >= 4 is 0 Å². The van der Waals surface area contributed by atoms with E-state index in [1.165, 1.54) is 17.0 Å². The first-order valence-electron chi connectivity index (χ1n) is 7.34. The highest BCUT2D eigenvalue weighted by atomic mass is 15.1. The average Bonchev–Trinajstić information content (AvgIpc) is 2.94. The fraction of sp³-hybridized carbons (Fsp3) is 0.562. The zero-order valence-corrected chi connectivity index (χ0v) is 12.8. The number of nitrogens with zero attached hydrogens (tertiary/aromatic N) is 2. The van der Waals surface area contributed by atoms with Gasteiger partial charge in [0, 0.05) is 29.8 Å². The van der Waals surface area contributed by atoms with Crippen LogP contribution in [0.4, 0.5) is 0 Å². The molecule has 0 saturated heterocycles. The molecule has 1 aliphatic carbocycles. The summed E-state index contributed by atoms with van der Waals surface area (Å²) in [7, 11) is 0. The predicted molar refractivity (Wildman–Crippen MR) is 80.6 cm³/mol.